The van der Waals surface area contributed by atoms with E-state index in [-0.39, 0.29) is 11.8 Å². The van der Waals surface area contributed by atoms with Crippen molar-refractivity contribution in [1.82, 2.24) is 0 Å². The number of benzene rings is 1. The summed E-state index contributed by atoms with van der Waals surface area (Å²) in [5.41, 5.74) is 5.11. The molecular formula is C19H28N2O9S2. The highest BCUT2D eigenvalue weighted by Crippen LogP contribution is 2.26. The second-order valence-corrected chi connectivity index (χ2v) is 9.44. The molecule has 0 heterocycles. The number of amidine groups is 1. The fraction of sp³-hybridized carbons (Fsp3) is 0.316. The molecule has 2 atom stereocenters. The molecule has 11 nitrogen and oxygen atoms in total. The van der Waals surface area contributed by atoms with Crippen molar-refractivity contribution in [3.05, 3.63) is 66.3 Å². The number of nitrogens with one attached hydrogen (secondary N) is 1. The van der Waals surface area contributed by atoms with Crippen LogP contribution in [-0.2, 0) is 20.2 Å². The minimum absolute atomic E-state index is 0.245. The third-order valence-corrected chi connectivity index (χ3v) is 5.11. The van der Waals surface area contributed by atoms with Gasteiger partial charge in [-0.15, -0.1) is 0 Å². The summed E-state index contributed by atoms with van der Waals surface area (Å²) in [5, 5.41) is 33.6. The Morgan fingerprint density at radius 1 is 1.00 bits per heavy atom. The SMILES string of the molecule is N=C(N)C1(O)C=CC=CC1C=Cc1ccccc1.O=S(=O)(O)CCO.O=S(=O)(O)CCO. The van der Waals surface area contributed by atoms with Crippen LogP contribution in [0.25, 0.3) is 6.08 Å². The summed E-state index contributed by atoms with van der Waals surface area (Å²) in [6.45, 7) is -1.06. The third kappa shape index (κ3) is 13.1. The molecule has 0 aliphatic heterocycles. The molecule has 0 amide bonds. The van der Waals surface area contributed by atoms with Gasteiger partial charge in [0.15, 0.2) is 0 Å². The van der Waals surface area contributed by atoms with Crippen molar-refractivity contribution in [3.8, 4) is 0 Å². The van der Waals surface area contributed by atoms with Crippen molar-refractivity contribution < 1.29 is 41.3 Å². The quantitative estimate of drug-likeness (QED) is 0.151. The molecule has 180 valence electrons. The molecule has 1 aromatic rings. The predicted octanol–water partition coefficient (Wildman–Crippen LogP) is -0.158. The highest BCUT2D eigenvalue weighted by molar-refractivity contribution is 7.86. The molecule has 1 aliphatic rings. The lowest BCUT2D eigenvalue weighted by atomic mass is 9.82. The van der Waals surface area contributed by atoms with E-state index in [9.17, 15) is 21.9 Å². The van der Waals surface area contributed by atoms with Gasteiger partial charge in [0.1, 0.15) is 11.4 Å². The lowest BCUT2D eigenvalue weighted by Crippen LogP contribution is -2.47. The molecule has 0 saturated carbocycles. The third-order valence-electron chi connectivity index (χ3n) is 3.71. The standard InChI is InChI=1S/C15H16N2O.2C2H6O4S/c16-14(17)15(18)11-5-4-8-13(15)10-9-12-6-2-1-3-7-12;2*3-1-2-7(4,5)6/h1-11,13,18H,(H3,16,17);2*3H,1-2H2,(H,4,5,6). The Labute approximate surface area is 187 Å². The first-order valence-electron chi connectivity index (χ1n) is 9.03. The minimum atomic E-state index is -3.92. The van der Waals surface area contributed by atoms with Crippen LogP contribution in [0.4, 0.5) is 0 Å². The monoisotopic (exact) mass is 492 g/mol. The maximum atomic E-state index is 10.3. The van der Waals surface area contributed by atoms with Gasteiger partial charge in [0.05, 0.1) is 24.7 Å². The lowest BCUT2D eigenvalue weighted by molar-refractivity contribution is 0.133. The van der Waals surface area contributed by atoms with Gasteiger partial charge >= 0.3 is 0 Å². The number of rotatable bonds is 7. The van der Waals surface area contributed by atoms with Gasteiger partial charge in [0.25, 0.3) is 20.2 Å². The van der Waals surface area contributed by atoms with E-state index in [2.05, 4.69) is 0 Å². The summed E-state index contributed by atoms with van der Waals surface area (Å²) >= 11 is 0. The first-order chi connectivity index (χ1) is 14.7. The van der Waals surface area contributed by atoms with Crippen LogP contribution in [0, 0.1) is 11.3 Å². The zero-order chi connectivity index (χ0) is 24.8. The van der Waals surface area contributed by atoms with Gasteiger partial charge in [-0.2, -0.15) is 16.8 Å². The van der Waals surface area contributed by atoms with E-state index in [1.165, 1.54) is 0 Å². The van der Waals surface area contributed by atoms with Crippen molar-refractivity contribution in [3.63, 3.8) is 0 Å². The summed E-state index contributed by atoms with van der Waals surface area (Å²) in [5.74, 6) is -1.72. The Bertz CT molecular complexity index is 970. The molecule has 0 radical (unpaired) electrons. The van der Waals surface area contributed by atoms with E-state index in [1.54, 1.807) is 12.2 Å². The van der Waals surface area contributed by atoms with E-state index < -0.39 is 50.6 Å². The van der Waals surface area contributed by atoms with E-state index >= 15 is 0 Å². The maximum Gasteiger partial charge on any atom is 0.267 e. The summed E-state index contributed by atoms with van der Waals surface area (Å²) in [7, 11) is -7.85. The van der Waals surface area contributed by atoms with Crippen molar-refractivity contribution in [2.75, 3.05) is 24.7 Å². The largest absolute Gasteiger partial charge is 0.395 e. The molecule has 8 N–H and O–H groups in total. The van der Waals surface area contributed by atoms with Crippen LogP contribution < -0.4 is 5.73 Å². The topological polar surface area (TPSA) is 219 Å². The Morgan fingerprint density at radius 2 is 1.50 bits per heavy atom. The zero-order valence-electron chi connectivity index (χ0n) is 17.0. The molecular weight excluding hydrogens is 464 g/mol. The number of hydrogen-bond donors (Lipinski definition) is 7. The molecule has 0 bridgehead atoms. The zero-order valence-corrected chi connectivity index (χ0v) is 18.7. The highest BCUT2D eigenvalue weighted by Gasteiger charge is 2.35. The first kappa shape index (κ1) is 29.6. The van der Waals surface area contributed by atoms with E-state index in [4.69, 9.17) is 30.5 Å². The first-order valence-corrected chi connectivity index (χ1v) is 12.2. The van der Waals surface area contributed by atoms with Gasteiger partial charge in [0.2, 0.25) is 0 Å². The van der Waals surface area contributed by atoms with Crippen molar-refractivity contribution in [2.45, 2.75) is 5.60 Å². The number of aliphatic hydroxyl groups is 3. The van der Waals surface area contributed by atoms with E-state index in [1.807, 2.05) is 54.6 Å². The number of nitrogens with two attached hydrogens (primary N) is 1. The molecule has 13 heteroatoms. The normalized spacial score (nSPS) is 20.1. The van der Waals surface area contributed by atoms with Crippen LogP contribution in [0.15, 0.2) is 60.7 Å². The van der Waals surface area contributed by atoms with E-state index in [0.717, 1.165) is 5.56 Å². The maximum absolute atomic E-state index is 10.3. The Hall–Kier alpha value is -2.39. The van der Waals surface area contributed by atoms with Gasteiger partial charge < -0.3 is 21.1 Å². The summed E-state index contributed by atoms with van der Waals surface area (Å²) in [4.78, 5) is 0. The predicted molar refractivity (Wildman–Crippen MR) is 121 cm³/mol. The van der Waals surface area contributed by atoms with Crippen LogP contribution in [0.3, 0.4) is 0 Å². The highest BCUT2D eigenvalue weighted by atomic mass is 32.2. The summed E-state index contributed by atoms with van der Waals surface area (Å²) < 4.78 is 54.2. The average Bonchev–Trinajstić information content (AvgIpc) is 2.67. The fourth-order valence-corrected chi connectivity index (χ4v) is 2.60. The molecule has 0 saturated heterocycles. The molecule has 2 unspecified atom stereocenters. The van der Waals surface area contributed by atoms with Crippen LogP contribution in [0.1, 0.15) is 5.56 Å². The van der Waals surface area contributed by atoms with Gasteiger partial charge in [-0.3, -0.25) is 14.5 Å². The molecule has 32 heavy (non-hydrogen) atoms. The van der Waals surface area contributed by atoms with Crippen molar-refractivity contribution in [2.24, 2.45) is 11.7 Å². The molecule has 0 spiro atoms. The van der Waals surface area contributed by atoms with Gasteiger partial charge in [-0.25, -0.2) is 0 Å². The second kappa shape index (κ2) is 13.9. The Kier molecular flexibility index (Phi) is 12.9. The van der Waals surface area contributed by atoms with Crippen molar-refractivity contribution >= 4 is 32.1 Å². The molecule has 1 aliphatic carbocycles. The van der Waals surface area contributed by atoms with Gasteiger partial charge in [0, 0.05) is 5.92 Å². The summed E-state index contributed by atoms with van der Waals surface area (Å²) in [6, 6.07) is 9.81. The number of allylic oxidation sites excluding steroid dienone is 2. The smallest absolute Gasteiger partial charge is 0.267 e. The van der Waals surface area contributed by atoms with E-state index in [0.29, 0.717) is 0 Å². The van der Waals surface area contributed by atoms with Crippen molar-refractivity contribution in [1.29, 1.82) is 5.41 Å². The molecule has 0 aromatic heterocycles. The molecule has 0 fully saturated rings. The van der Waals surface area contributed by atoms with Crippen LogP contribution >= 0.6 is 0 Å². The minimum Gasteiger partial charge on any atom is -0.395 e. The Balaban J connectivity index is 0.000000570. The Morgan fingerprint density at radius 3 is 1.88 bits per heavy atom. The van der Waals surface area contributed by atoms with Crippen LogP contribution in [0.2, 0.25) is 0 Å². The van der Waals surface area contributed by atoms with Gasteiger partial charge in [-0.1, -0.05) is 60.7 Å². The fourth-order valence-electron chi connectivity index (χ4n) is 2.13. The van der Waals surface area contributed by atoms with Crippen LogP contribution in [0.5, 0.6) is 0 Å². The number of hydrogen-bond acceptors (Lipinski definition) is 8. The number of aliphatic hydroxyl groups excluding tert-OH is 2. The average molecular weight is 493 g/mol. The summed E-state index contributed by atoms with van der Waals surface area (Å²) in [6.07, 6.45) is 10.7. The van der Waals surface area contributed by atoms with Crippen LogP contribution in [-0.4, -0.2) is 77.4 Å². The molecule has 1 aromatic carbocycles. The van der Waals surface area contributed by atoms with Gasteiger partial charge in [-0.05, 0) is 11.6 Å². The molecule has 2 rings (SSSR count). The lowest BCUT2D eigenvalue weighted by Gasteiger charge is -2.30. The second-order valence-electron chi connectivity index (χ2n) is 6.30.